The molecule has 0 aromatic rings. The molecule has 0 radical (unpaired) electrons. The van der Waals surface area contributed by atoms with E-state index in [2.05, 4.69) is 19.1 Å². The van der Waals surface area contributed by atoms with Crippen LogP contribution in [-0.4, -0.2) is 39.0 Å². The van der Waals surface area contributed by atoms with E-state index < -0.39 is 0 Å². The van der Waals surface area contributed by atoms with E-state index in [1.54, 1.807) is 7.11 Å². The Bertz CT molecular complexity index is 301. The number of rotatable bonds is 12. The van der Waals surface area contributed by atoms with Crippen LogP contribution in [0.1, 0.15) is 51.9 Å². The fraction of sp³-hybridized carbons (Fsp3) is 0.824. The number of allylic oxidation sites excluding steroid dienone is 1. The van der Waals surface area contributed by atoms with Gasteiger partial charge in [-0.3, -0.25) is 4.79 Å². The minimum atomic E-state index is 0.0924. The average molecular weight is 298 g/mol. The van der Waals surface area contributed by atoms with Crippen molar-refractivity contribution in [2.45, 2.75) is 58.0 Å². The van der Waals surface area contributed by atoms with Gasteiger partial charge in [0.25, 0.3) is 0 Å². The Morgan fingerprint density at radius 1 is 1.33 bits per heavy atom. The third kappa shape index (κ3) is 9.02. The lowest BCUT2D eigenvalue weighted by molar-refractivity contribution is -0.117. The number of ether oxygens (including phenoxy) is 3. The van der Waals surface area contributed by atoms with E-state index in [1.807, 2.05) is 0 Å². The molecule has 0 heterocycles. The summed E-state index contributed by atoms with van der Waals surface area (Å²) in [5.41, 5.74) is 0. The number of carbonyl (C=O) groups excluding carboxylic acids is 1. The highest BCUT2D eigenvalue weighted by Crippen LogP contribution is 2.23. The second-order valence-electron chi connectivity index (χ2n) is 5.65. The SMILES string of the molecule is CCCCCC(/C=C/C1CCC(=O)C1)OCOCCOC. The van der Waals surface area contributed by atoms with Gasteiger partial charge in [-0.2, -0.15) is 0 Å². The zero-order valence-electron chi connectivity index (χ0n) is 13.5. The van der Waals surface area contributed by atoms with Crippen LogP contribution in [0.4, 0.5) is 0 Å². The van der Waals surface area contributed by atoms with Crippen molar-refractivity contribution in [1.29, 1.82) is 0 Å². The molecule has 0 bridgehead atoms. The molecule has 1 fully saturated rings. The molecule has 1 aliphatic rings. The van der Waals surface area contributed by atoms with Gasteiger partial charge in [-0.1, -0.05) is 38.3 Å². The van der Waals surface area contributed by atoms with Crippen LogP contribution in [0.3, 0.4) is 0 Å². The Kier molecular flexibility index (Phi) is 10.4. The number of ketones is 1. The zero-order chi connectivity index (χ0) is 15.3. The van der Waals surface area contributed by atoms with E-state index >= 15 is 0 Å². The van der Waals surface area contributed by atoms with Crippen molar-refractivity contribution in [3.63, 3.8) is 0 Å². The van der Waals surface area contributed by atoms with Crippen molar-refractivity contribution in [3.05, 3.63) is 12.2 Å². The van der Waals surface area contributed by atoms with E-state index in [9.17, 15) is 4.79 Å². The topological polar surface area (TPSA) is 44.8 Å². The second-order valence-corrected chi connectivity index (χ2v) is 5.65. The first kappa shape index (κ1) is 18.3. The van der Waals surface area contributed by atoms with E-state index in [0.29, 0.717) is 38.1 Å². The zero-order valence-corrected chi connectivity index (χ0v) is 13.5. The molecule has 0 amide bonds. The first-order valence-electron chi connectivity index (χ1n) is 8.14. The Labute approximate surface area is 128 Å². The summed E-state index contributed by atoms with van der Waals surface area (Å²) in [5, 5.41) is 0. The third-order valence-corrected chi connectivity index (χ3v) is 3.77. The number of Topliss-reactive ketones (excluding diaryl/α,β-unsaturated/α-hetero) is 1. The summed E-state index contributed by atoms with van der Waals surface area (Å²) in [4.78, 5) is 11.3. The molecule has 1 saturated carbocycles. The molecule has 4 heteroatoms. The molecular formula is C17H30O4. The molecule has 0 N–H and O–H groups in total. The second kappa shape index (κ2) is 11.9. The minimum absolute atomic E-state index is 0.0924. The number of hydrogen-bond acceptors (Lipinski definition) is 4. The van der Waals surface area contributed by atoms with Gasteiger partial charge < -0.3 is 14.2 Å². The summed E-state index contributed by atoms with van der Waals surface area (Å²) >= 11 is 0. The molecule has 1 aliphatic carbocycles. The third-order valence-electron chi connectivity index (χ3n) is 3.77. The van der Waals surface area contributed by atoms with Crippen molar-refractivity contribution in [2.24, 2.45) is 5.92 Å². The molecule has 4 nitrogen and oxygen atoms in total. The molecule has 0 aromatic heterocycles. The van der Waals surface area contributed by atoms with Gasteiger partial charge >= 0.3 is 0 Å². The standard InChI is InChI=1S/C17H30O4/c1-3-4-5-6-17(21-14-20-12-11-19-2)10-8-15-7-9-16(18)13-15/h8,10,15,17H,3-7,9,11-14H2,1-2H3/b10-8+. The van der Waals surface area contributed by atoms with E-state index in [-0.39, 0.29) is 6.10 Å². The molecule has 21 heavy (non-hydrogen) atoms. The number of carbonyl (C=O) groups is 1. The van der Waals surface area contributed by atoms with Crippen LogP contribution >= 0.6 is 0 Å². The number of hydrogen-bond donors (Lipinski definition) is 0. The van der Waals surface area contributed by atoms with Crippen molar-refractivity contribution in [1.82, 2.24) is 0 Å². The highest BCUT2D eigenvalue weighted by Gasteiger charge is 2.19. The van der Waals surface area contributed by atoms with Crippen molar-refractivity contribution in [2.75, 3.05) is 27.1 Å². The van der Waals surface area contributed by atoms with E-state index in [1.165, 1.54) is 12.8 Å². The molecule has 1 rings (SSSR count). The maximum absolute atomic E-state index is 11.3. The number of unbranched alkanes of at least 4 members (excludes halogenated alkanes) is 2. The fourth-order valence-corrected chi connectivity index (χ4v) is 2.46. The molecule has 122 valence electrons. The summed E-state index contributed by atoms with van der Waals surface area (Å²) in [7, 11) is 1.66. The van der Waals surface area contributed by atoms with E-state index in [4.69, 9.17) is 14.2 Å². The lowest BCUT2D eigenvalue weighted by Gasteiger charge is -2.15. The predicted octanol–water partition coefficient (Wildman–Crippen LogP) is 3.50. The van der Waals surface area contributed by atoms with Gasteiger partial charge in [0.15, 0.2) is 0 Å². The normalized spacial score (nSPS) is 20.5. The first-order valence-corrected chi connectivity index (χ1v) is 8.14. The summed E-state index contributed by atoms with van der Waals surface area (Å²) in [6, 6.07) is 0. The summed E-state index contributed by atoms with van der Waals surface area (Å²) in [5.74, 6) is 0.792. The molecule has 0 aromatic carbocycles. The van der Waals surface area contributed by atoms with Crippen molar-refractivity contribution < 1.29 is 19.0 Å². The quantitative estimate of drug-likeness (QED) is 0.314. The first-order chi connectivity index (χ1) is 10.3. The molecule has 0 aliphatic heterocycles. The predicted molar refractivity (Wildman–Crippen MR) is 83.2 cm³/mol. The fourth-order valence-electron chi connectivity index (χ4n) is 2.46. The van der Waals surface area contributed by atoms with Gasteiger partial charge in [0, 0.05) is 20.0 Å². The minimum Gasteiger partial charge on any atom is -0.382 e. The van der Waals surface area contributed by atoms with Gasteiger partial charge in [0.2, 0.25) is 0 Å². The van der Waals surface area contributed by atoms with Crippen LogP contribution in [0.2, 0.25) is 0 Å². The van der Waals surface area contributed by atoms with Crippen LogP contribution in [0.15, 0.2) is 12.2 Å². The summed E-state index contributed by atoms with van der Waals surface area (Å²) < 4.78 is 16.1. The largest absolute Gasteiger partial charge is 0.382 e. The molecule has 0 saturated heterocycles. The number of methoxy groups -OCH3 is 1. The smallest absolute Gasteiger partial charge is 0.147 e. The Morgan fingerprint density at radius 2 is 2.19 bits per heavy atom. The highest BCUT2D eigenvalue weighted by molar-refractivity contribution is 5.80. The van der Waals surface area contributed by atoms with Crippen LogP contribution in [0, 0.1) is 5.92 Å². The Morgan fingerprint density at radius 3 is 2.86 bits per heavy atom. The Balaban J connectivity index is 2.28. The highest BCUT2D eigenvalue weighted by atomic mass is 16.7. The Hall–Kier alpha value is -0.710. The van der Waals surface area contributed by atoms with Crippen LogP contribution in [-0.2, 0) is 19.0 Å². The molecule has 0 spiro atoms. The van der Waals surface area contributed by atoms with Gasteiger partial charge in [-0.25, -0.2) is 0 Å². The van der Waals surface area contributed by atoms with Crippen LogP contribution in [0.25, 0.3) is 0 Å². The van der Waals surface area contributed by atoms with Crippen LogP contribution in [0.5, 0.6) is 0 Å². The monoisotopic (exact) mass is 298 g/mol. The maximum Gasteiger partial charge on any atom is 0.147 e. The van der Waals surface area contributed by atoms with Gasteiger partial charge in [0.1, 0.15) is 12.6 Å². The van der Waals surface area contributed by atoms with Crippen molar-refractivity contribution >= 4 is 5.78 Å². The molecular weight excluding hydrogens is 268 g/mol. The van der Waals surface area contributed by atoms with Gasteiger partial charge in [-0.15, -0.1) is 0 Å². The van der Waals surface area contributed by atoms with Crippen molar-refractivity contribution in [3.8, 4) is 0 Å². The maximum atomic E-state index is 11.3. The summed E-state index contributed by atoms with van der Waals surface area (Å²) in [6.07, 6.45) is 11.4. The molecule has 2 unspecified atom stereocenters. The van der Waals surface area contributed by atoms with E-state index in [0.717, 1.165) is 25.7 Å². The van der Waals surface area contributed by atoms with Gasteiger partial charge in [-0.05, 0) is 18.8 Å². The average Bonchev–Trinajstić information content (AvgIpc) is 2.89. The van der Waals surface area contributed by atoms with Crippen LogP contribution < -0.4 is 0 Å². The molecule has 2 atom stereocenters. The lowest BCUT2D eigenvalue weighted by atomic mass is 10.0. The lowest BCUT2D eigenvalue weighted by Crippen LogP contribution is -2.14. The summed E-state index contributed by atoms with van der Waals surface area (Å²) in [6.45, 7) is 3.64. The van der Waals surface area contributed by atoms with Gasteiger partial charge in [0.05, 0.1) is 19.3 Å².